The molecule has 3 heterocycles. The van der Waals surface area contributed by atoms with Crippen molar-refractivity contribution in [2.75, 3.05) is 18.0 Å². The first-order chi connectivity index (χ1) is 15.2. The second kappa shape index (κ2) is 8.18. The molecule has 0 bridgehead atoms. The minimum absolute atomic E-state index is 0.105. The van der Waals surface area contributed by atoms with Gasteiger partial charge in [0, 0.05) is 43.0 Å². The molecule has 0 unspecified atom stereocenters. The van der Waals surface area contributed by atoms with Crippen LogP contribution in [0, 0.1) is 0 Å². The summed E-state index contributed by atoms with van der Waals surface area (Å²) in [6.07, 6.45) is 5.37. The first-order valence-electron chi connectivity index (χ1n) is 10.4. The van der Waals surface area contributed by atoms with Gasteiger partial charge in [0.2, 0.25) is 5.91 Å². The third-order valence-corrected chi connectivity index (χ3v) is 5.62. The molecule has 2 aliphatic heterocycles. The second-order valence-corrected chi connectivity index (χ2v) is 7.72. The number of hydrogen-bond donors (Lipinski definition) is 1. The van der Waals surface area contributed by atoms with Gasteiger partial charge in [-0.05, 0) is 42.3 Å². The summed E-state index contributed by atoms with van der Waals surface area (Å²) in [7, 11) is 0. The monoisotopic (exact) mass is 414 g/mol. The molecule has 7 nitrogen and oxygen atoms in total. The predicted molar refractivity (Wildman–Crippen MR) is 116 cm³/mol. The molecule has 7 heteroatoms. The van der Waals surface area contributed by atoms with E-state index in [0.29, 0.717) is 37.3 Å². The molecule has 1 atom stereocenters. The van der Waals surface area contributed by atoms with Crippen molar-refractivity contribution in [1.29, 1.82) is 0 Å². The van der Waals surface area contributed by atoms with Crippen molar-refractivity contribution in [3.8, 4) is 17.1 Å². The number of para-hydroxylation sites is 1. The van der Waals surface area contributed by atoms with Crippen molar-refractivity contribution in [2.24, 2.45) is 0 Å². The van der Waals surface area contributed by atoms with E-state index in [-0.39, 0.29) is 17.9 Å². The summed E-state index contributed by atoms with van der Waals surface area (Å²) >= 11 is 0. The molecular weight excluding hydrogens is 392 g/mol. The number of fused-ring (bicyclic) bond motifs is 1. The van der Waals surface area contributed by atoms with E-state index < -0.39 is 0 Å². The fraction of sp³-hybridized carbons (Fsp3) is 0.250. The lowest BCUT2D eigenvalue weighted by atomic mass is 10.1. The Hall–Kier alpha value is -3.74. The largest absolute Gasteiger partial charge is 0.487 e. The van der Waals surface area contributed by atoms with Crippen LogP contribution in [0.3, 0.4) is 0 Å². The van der Waals surface area contributed by atoms with Crippen molar-refractivity contribution in [3.63, 3.8) is 0 Å². The predicted octanol–water partition coefficient (Wildman–Crippen LogP) is 3.00. The van der Waals surface area contributed by atoms with Crippen LogP contribution >= 0.6 is 0 Å². The summed E-state index contributed by atoms with van der Waals surface area (Å²) in [5.74, 6) is 1.33. The van der Waals surface area contributed by atoms with Gasteiger partial charge in [-0.1, -0.05) is 18.2 Å². The van der Waals surface area contributed by atoms with Crippen molar-refractivity contribution in [2.45, 2.75) is 25.4 Å². The molecule has 1 aromatic heterocycles. The highest BCUT2D eigenvalue weighted by Crippen LogP contribution is 2.37. The molecule has 156 valence electrons. The third kappa shape index (κ3) is 3.86. The normalized spacial score (nSPS) is 17.4. The van der Waals surface area contributed by atoms with E-state index in [0.717, 1.165) is 29.0 Å². The number of nitrogens with one attached hydrogen (secondary N) is 1. The molecule has 0 aliphatic carbocycles. The van der Waals surface area contributed by atoms with E-state index >= 15 is 0 Å². The Bertz CT molecular complexity index is 1130. The SMILES string of the molecule is O=C(NC[C@@H]1Cc2cccc(-c3ncccn3)c2O1)c1cccc(N2CCCC2=O)c1. The molecule has 31 heavy (non-hydrogen) atoms. The fourth-order valence-corrected chi connectivity index (χ4v) is 4.11. The maximum absolute atomic E-state index is 12.7. The molecule has 3 aromatic rings. The van der Waals surface area contributed by atoms with Crippen LogP contribution in [0.4, 0.5) is 5.69 Å². The summed E-state index contributed by atoms with van der Waals surface area (Å²) in [4.78, 5) is 35.1. The van der Waals surface area contributed by atoms with Crippen LogP contribution in [0.15, 0.2) is 60.9 Å². The molecule has 1 N–H and O–H groups in total. The summed E-state index contributed by atoms with van der Waals surface area (Å²) in [5, 5.41) is 2.97. The van der Waals surface area contributed by atoms with E-state index in [9.17, 15) is 9.59 Å². The van der Waals surface area contributed by atoms with Crippen molar-refractivity contribution in [3.05, 3.63) is 72.1 Å². The first kappa shape index (κ1) is 19.2. The minimum Gasteiger partial charge on any atom is -0.487 e. The highest BCUT2D eigenvalue weighted by Gasteiger charge is 2.27. The van der Waals surface area contributed by atoms with Gasteiger partial charge in [0.25, 0.3) is 5.91 Å². The van der Waals surface area contributed by atoms with Crippen molar-refractivity contribution in [1.82, 2.24) is 15.3 Å². The van der Waals surface area contributed by atoms with Crippen LogP contribution in [-0.4, -0.2) is 41.0 Å². The lowest BCUT2D eigenvalue weighted by molar-refractivity contribution is -0.117. The Morgan fingerprint density at radius 3 is 2.77 bits per heavy atom. The molecular formula is C24H22N4O3. The lowest BCUT2D eigenvalue weighted by Crippen LogP contribution is -2.34. The van der Waals surface area contributed by atoms with Gasteiger partial charge in [0.15, 0.2) is 5.82 Å². The number of carbonyl (C=O) groups is 2. The Morgan fingerprint density at radius 1 is 1.13 bits per heavy atom. The van der Waals surface area contributed by atoms with Crippen molar-refractivity contribution < 1.29 is 14.3 Å². The van der Waals surface area contributed by atoms with Crippen LogP contribution in [0.25, 0.3) is 11.4 Å². The molecule has 0 radical (unpaired) electrons. The second-order valence-electron chi connectivity index (χ2n) is 7.72. The number of nitrogens with zero attached hydrogens (tertiary/aromatic N) is 3. The molecule has 2 amide bonds. The Kier molecular flexibility index (Phi) is 5.08. The van der Waals surface area contributed by atoms with E-state index in [1.807, 2.05) is 30.3 Å². The zero-order valence-corrected chi connectivity index (χ0v) is 17.0. The Morgan fingerprint density at radius 2 is 1.97 bits per heavy atom. The first-order valence-corrected chi connectivity index (χ1v) is 10.4. The summed E-state index contributed by atoms with van der Waals surface area (Å²) in [6, 6.07) is 14.9. The van der Waals surface area contributed by atoms with Gasteiger partial charge in [-0.3, -0.25) is 9.59 Å². The smallest absolute Gasteiger partial charge is 0.251 e. The number of carbonyl (C=O) groups excluding carboxylic acids is 2. The molecule has 2 aromatic carbocycles. The maximum atomic E-state index is 12.7. The summed E-state index contributed by atoms with van der Waals surface area (Å²) in [6.45, 7) is 1.08. The zero-order valence-electron chi connectivity index (χ0n) is 17.0. The number of aromatic nitrogens is 2. The lowest BCUT2D eigenvalue weighted by Gasteiger charge is -2.17. The van der Waals surface area contributed by atoms with E-state index in [1.165, 1.54) is 0 Å². The van der Waals surface area contributed by atoms with Crippen LogP contribution in [0.1, 0.15) is 28.8 Å². The van der Waals surface area contributed by atoms with Crippen LogP contribution in [0.2, 0.25) is 0 Å². The number of amides is 2. The average Bonchev–Trinajstić information content (AvgIpc) is 3.43. The van der Waals surface area contributed by atoms with E-state index in [1.54, 1.807) is 35.5 Å². The van der Waals surface area contributed by atoms with Gasteiger partial charge < -0.3 is 15.0 Å². The maximum Gasteiger partial charge on any atom is 0.251 e. The minimum atomic E-state index is -0.181. The quantitative estimate of drug-likeness (QED) is 0.694. The molecule has 0 saturated carbocycles. The Labute approximate surface area is 180 Å². The zero-order chi connectivity index (χ0) is 21.2. The van der Waals surface area contributed by atoms with E-state index in [4.69, 9.17) is 4.74 Å². The number of rotatable bonds is 5. The highest BCUT2D eigenvalue weighted by atomic mass is 16.5. The highest BCUT2D eigenvalue weighted by molar-refractivity contribution is 5.99. The molecule has 1 fully saturated rings. The third-order valence-electron chi connectivity index (χ3n) is 5.62. The molecule has 1 saturated heterocycles. The van der Waals surface area contributed by atoms with Gasteiger partial charge in [0.05, 0.1) is 12.1 Å². The molecule has 5 rings (SSSR count). The van der Waals surface area contributed by atoms with Gasteiger partial charge in [0.1, 0.15) is 11.9 Å². The number of ether oxygens (including phenoxy) is 1. The van der Waals surface area contributed by atoms with Crippen LogP contribution < -0.4 is 15.0 Å². The molecule has 0 spiro atoms. The molecule has 2 aliphatic rings. The van der Waals surface area contributed by atoms with Crippen LogP contribution in [0.5, 0.6) is 5.75 Å². The van der Waals surface area contributed by atoms with Gasteiger partial charge in [-0.15, -0.1) is 0 Å². The van der Waals surface area contributed by atoms with Gasteiger partial charge >= 0.3 is 0 Å². The standard InChI is InChI=1S/C24H22N4O3/c29-21-9-3-12-28(21)18-7-1-6-17(13-18)24(30)27-15-19-14-16-5-2-8-20(22(16)31-19)23-25-10-4-11-26-23/h1-2,4-8,10-11,13,19H,3,9,12,14-15H2,(H,27,30)/t19-/m0/s1. The fourth-order valence-electron chi connectivity index (χ4n) is 4.11. The van der Waals surface area contributed by atoms with Gasteiger partial charge in [-0.25, -0.2) is 9.97 Å². The van der Waals surface area contributed by atoms with Crippen LogP contribution in [-0.2, 0) is 11.2 Å². The number of anilines is 1. The van der Waals surface area contributed by atoms with Gasteiger partial charge in [-0.2, -0.15) is 0 Å². The summed E-state index contributed by atoms with van der Waals surface area (Å²) < 4.78 is 6.15. The average molecular weight is 414 g/mol. The van der Waals surface area contributed by atoms with Crippen molar-refractivity contribution >= 4 is 17.5 Å². The number of hydrogen-bond acceptors (Lipinski definition) is 5. The summed E-state index contributed by atoms with van der Waals surface area (Å²) in [5.41, 5.74) is 3.24. The number of benzene rings is 2. The Balaban J connectivity index is 1.25. The van der Waals surface area contributed by atoms with E-state index in [2.05, 4.69) is 15.3 Å². The topological polar surface area (TPSA) is 84.4 Å².